The summed E-state index contributed by atoms with van der Waals surface area (Å²) in [4.78, 5) is 15.6. The fourth-order valence-corrected chi connectivity index (χ4v) is 2.00. The van der Waals surface area contributed by atoms with Gasteiger partial charge in [-0.05, 0) is 31.2 Å². The Bertz CT molecular complexity index is 724. The van der Waals surface area contributed by atoms with Gasteiger partial charge in [0.25, 0.3) is 0 Å². The maximum absolute atomic E-state index is 12.8. The summed E-state index contributed by atoms with van der Waals surface area (Å²) >= 11 is 0. The van der Waals surface area contributed by atoms with Crippen LogP contribution in [0.3, 0.4) is 0 Å². The van der Waals surface area contributed by atoms with Gasteiger partial charge in [0.1, 0.15) is 5.69 Å². The number of nitrogens with one attached hydrogen (secondary N) is 1. The summed E-state index contributed by atoms with van der Waals surface area (Å²) in [6, 6.07) is 8.89. The van der Waals surface area contributed by atoms with Crippen LogP contribution in [-0.4, -0.2) is 10.9 Å². The Morgan fingerprint density at radius 3 is 2.48 bits per heavy atom. The molecule has 0 fully saturated rings. The van der Waals surface area contributed by atoms with Crippen LogP contribution in [0.1, 0.15) is 25.1 Å². The van der Waals surface area contributed by atoms with Gasteiger partial charge in [0.05, 0.1) is 11.4 Å². The molecule has 3 nitrogen and oxygen atoms in total. The predicted octanol–water partition coefficient (Wildman–Crippen LogP) is 4.67. The highest BCUT2D eigenvalue weighted by molar-refractivity contribution is 5.96. The maximum atomic E-state index is 12.8. The third-order valence-electron chi connectivity index (χ3n) is 3.27. The highest BCUT2D eigenvalue weighted by atomic mass is 19.4. The average molecular weight is 322 g/mol. The summed E-state index contributed by atoms with van der Waals surface area (Å²) in [7, 11) is 0. The minimum Gasteiger partial charge on any atom is -0.325 e. The van der Waals surface area contributed by atoms with Crippen molar-refractivity contribution in [2.24, 2.45) is 5.92 Å². The van der Waals surface area contributed by atoms with Gasteiger partial charge < -0.3 is 5.32 Å². The number of carbonyl (C=O) groups is 1. The molecule has 1 heterocycles. The molecular weight excluding hydrogens is 305 g/mol. The Labute approximate surface area is 132 Å². The number of rotatable bonds is 3. The molecule has 0 radical (unpaired) electrons. The molecule has 0 bridgehead atoms. The molecule has 0 aliphatic heterocycles. The summed E-state index contributed by atoms with van der Waals surface area (Å²) in [6.07, 6.45) is -4.51. The molecule has 0 atom stereocenters. The van der Waals surface area contributed by atoms with E-state index in [1.807, 2.05) is 6.92 Å². The Balaban J connectivity index is 2.50. The summed E-state index contributed by atoms with van der Waals surface area (Å²) in [6.45, 7) is 5.31. The second-order valence-corrected chi connectivity index (χ2v) is 5.60. The van der Waals surface area contributed by atoms with Gasteiger partial charge in [0.15, 0.2) is 0 Å². The summed E-state index contributed by atoms with van der Waals surface area (Å²) in [5.41, 5.74) is 0.980. The highest BCUT2D eigenvalue weighted by Crippen LogP contribution is 2.32. The van der Waals surface area contributed by atoms with Gasteiger partial charge in [-0.2, -0.15) is 13.2 Å². The van der Waals surface area contributed by atoms with Crippen molar-refractivity contribution in [1.82, 2.24) is 4.98 Å². The molecule has 0 saturated carbocycles. The SMILES string of the molecule is Cc1ccc(NC(=O)C(C)C)c(-c2cccc(C(F)(F)F)n2)c1. The van der Waals surface area contributed by atoms with Gasteiger partial charge in [-0.1, -0.05) is 31.5 Å². The molecule has 1 aromatic carbocycles. The zero-order chi connectivity index (χ0) is 17.2. The first-order chi connectivity index (χ1) is 10.7. The van der Waals surface area contributed by atoms with E-state index in [0.717, 1.165) is 11.6 Å². The molecular formula is C17H17F3N2O. The van der Waals surface area contributed by atoms with E-state index in [1.54, 1.807) is 32.0 Å². The van der Waals surface area contributed by atoms with E-state index in [1.165, 1.54) is 12.1 Å². The zero-order valence-electron chi connectivity index (χ0n) is 13.0. The number of nitrogens with zero attached hydrogens (tertiary/aromatic N) is 1. The molecule has 23 heavy (non-hydrogen) atoms. The molecule has 6 heteroatoms. The lowest BCUT2D eigenvalue weighted by atomic mass is 10.0. The standard InChI is InChI=1S/C17H17F3N2O/c1-10(2)16(23)22-14-8-7-11(3)9-12(14)13-5-4-6-15(21-13)17(18,19)20/h4-10H,1-3H3,(H,22,23). The molecule has 0 aliphatic rings. The minimum absolute atomic E-state index is 0.169. The zero-order valence-corrected chi connectivity index (χ0v) is 13.0. The van der Waals surface area contributed by atoms with Gasteiger partial charge in [-0.15, -0.1) is 0 Å². The van der Waals surface area contributed by atoms with Crippen molar-refractivity contribution in [1.29, 1.82) is 0 Å². The molecule has 2 rings (SSSR count). The van der Waals surface area contributed by atoms with Crippen molar-refractivity contribution in [2.45, 2.75) is 26.9 Å². The number of alkyl halides is 3. The molecule has 1 aromatic heterocycles. The van der Waals surface area contributed by atoms with Crippen LogP contribution in [-0.2, 0) is 11.0 Å². The number of pyridine rings is 1. The van der Waals surface area contributed by atoms with Crippen molar-refractivity contribution in [3.63, 3.8) is 0 Å². The van der Waals surface area contributed by atoms with Gasteiger partial charge >= 0.3 is 6.18 Å². The van der Waals surface area contributed by atoms with Crippen LogP contribution in [0.5, 0.6) is 0 Å². The van der Waals surface area contributed by atoms with Gasteiger partial charge in [-0.3, -0.25) is 4.79 Å². The van der Waals surface area contributed by atoms with Crippen LogP contribution in [0, 0.1) is 12.8 Å². The van der Waals surface area contributed by atoms with Crippen LogP contribution in [0.2, 0.25) is 0 Å². The number of carbonyl (C=O) groups excluding carboxylic acids is 1. The first-order valence-corrected chi connectivity index (χ1v) is 7.14. The highest BCUT2D eigenvalue weighted by Gasteiger charge is 2.32. The van der Waals surface area contributed by atoms with E-state index in [4.69, 9.17) is 0 Å². The van der Waals surface area contributed by atoms with Crippen LogP contribution >= 0.6 is 0 Å². The van der Waals surface area contributed by atoms with Crippen molar-refractivity contribution in [3.8, 4) is 11.3 Å². The number of halogens is 3. The normalized spacial score (nSPS) is 11.6. The minimum atomic E-state index is -4.51. The smallest absolute Gasteiger partial charge is 0.325 e. The molecule has 0 saturated heterocycles. The molecule has 1 amide bonds. The van der Waals surface area contributed by atoms with E-state index in [2.05, 4.69) is 10.3 Å². The fraction of sp³-hybridized carbons (Fsp3) is 0.294. The number of aryl methyl sites for hydroxylation is 1. The predicted molar refractivity (Wildman–Crippen MR) is 82.9 cm³/mol. The maximum Gasteiger partial charge on any atom is 0.433 e. The Morgan fingerprint density at radius 2 is 1.87 bits per heavy atom. The van der Waals surface area contributed by atoms with E-state index < -0.39 is 11.9 Å². The van der Waals surface area contributed by atoms with E-state index in [9.17, 15) is 18.0 Å². The number of aromatic nitrogens is 1. The summed E-state index contributed by atoms with van der Waals surface area (Å²) < 4.78 is 38.5. The number of benzene rings is 1. The Kier molecular flexibility index (Phi) is 4.73. The number of amides is 1. The third-order valence-corrected chi connectivity index (χ3v) is 3.27. The summed E-state index contributed by atoms with van der Waals surface area (Å²) in [5, 5.41) is 2.73. The monoisotopic (exact) mass is 322 g/mol. The molecule has 1 N–H and O–H groups in total. The number of hydrogen-bond acceptors (Lipinski definition) is 2. The second-order valence-electron chi connectivity index (χ2n) is 5.60. The lowest BCUT2D eigenvalue weighted by molar-refractivity contribution is -0.141. The van der Waals surface area contributed by atoms with Crippen molar-refractivity contribution >= 4 is 11.6 Å². The fourth-order valence-electron chi connectivity index (χ4n) is 2.00. The number of hydrogen-bond donors (Lipinski definition) is 1. The first-order valence-electron chi connectivity index (χ1n) is 7.14. The van der Waals surface area contributed by atoms with E-state index >= 15 is 0 Å². The quantitative estimate of drug-likeness (QED) is 0.892. The molecule has 122 valence electrons. The van der Waals surface area contributed by atoms with Crippen LogP contribution < -0.4 is 5.32 Å². The van der Waals surface area contributed by atoms with Gasteiger partial charge in [0, 0.05) is 11.5 Å². The first kappa shape index (κ1) is 17.0. The van der Waals surface area contributed by atoms with Crippen molar-refractivity contribution < 1.29 is 18.0 Å². The van der Waals surface area contributed by atoms with Crippen molar-refractivity contribution in [2.75, 3.05) is 5.32 Å². The van der Waals surface area contributed by atoms with Crippen LogP contribution in [0.4, 0.5) is 18.9 Å². The number of anilines is 1. The van der Waals surface area contributed by atoms with Crippen molar-refractivity contribution in [3.05, 3.63) is 47.7 Å². The lowest BCUT2D eigenvalue weighted by Gasteiger charge is -2.14. The largest absolute Gasteiger partial charge is 0.433 e. The second kappa shape index (κ2) is 6.40. The van der Waals surface area contributed by atoms with E-state index in [-0.39, 0.29) is 17.5 Å². The average Bonchev–Trinajstić information content (AvgIpc) is 2.48. The van der Waals surface area contributed by atoms with Crippen LogP contribution in [0.25, 0.3) is 11.3 Å². The Morgan fingerprint density at radius 1 is 1.17 bits per heavy atom. The molecule has 0 spiro atoms. The Hall–Kier alpha value is -2.37. The van der Waals surface area contributed by atoms with Crippen LogP contribution in [0.15, 0.2) is 36.4 Å². The van der Waals surface area contributed by atoms with Gasteiger partial charge in [-0.25, -0.2) is 4.98 Å². The summed E-state index contributed by atoms with van der Waals surface area (Å²) in [5.74, 6) is -0.444. The topological polar surface area (TPSA) is 42.0 Å². The lowest BCUT2D eigenvalue weighted by Crippen LogP contribution is -2.18. The molecule has 0 unspecified atom stereocenters. The third kappa shape index (κ3) is 4.09. The molecule has 0 aliphatic carbocycles. The van der Waals surface area contributed by atoms with E-state index in [0.29, 0.717) is 11.3 Å². The molecule has 2 aromatic rings. The van der Waals surface area contributed by atoms with Gasteiger partial charge in [0.2, 0.25) is 5.91 Å².